The van der Waals surface area contributed by atoms with Gasteiger partial charge in [-0.15, -0.1) is 11.8 Å². The van der Waals surface area contributed by atoms with E-state index in [1.165, 1.54) is 11.3 Å². The summed E-state index contributed by atoms with van der Waals surface area (Å²) in [4.78, 5) is 34.3. The standard InChI is InChI=1S/C38H38N4O4S2/c1-7-19-45-31-18-15-27(20-24(31)4)34-28(22-41(40-34)29-11-9-8-10-12-29)21-32-36(43)42-35(26-13-16-30(47-6)17-14-26)33(37(44)46-23(2)3)25(5)39-38(42)48-32/h8-18,20-23,35H,7,19H2,1-6H3. The molecule has 0 aliphatic carbocycles. The second-order valence-corrected chi connectivity index (χ2v) is 13.7. The van der Waals surface area contributed by atoms with E-state index < -0.39 is 12.0 Å². The molecule has 5 aromatic rings. The third-order valence-corrected chi connectivity index (χ3v) is 9.70. The van der Waals surface area contributed by atoms with Gasteiger partial charge in [-0.1, -0.05) is 48.6 Å². The number of rotatable bonds is 10. The van der Waals surface area contributed by atoms with E-state index in [1.807, 2.05) is 111 Å². The lowest BCUT2D eigenvalue weighted by molar-refractivity contribution is -0.143. The highest BCUT2D eigenvalue weighted by Crippen LogP contribution is 2.33. The first kappa shape index (κ1) is 33.2. The molecule has 1 atom stereocenters. The molecule has 48 heavy (non-hydrogen) atoms. The van der Waals surface area contributed by atoms with Crippen molar-refractivity contribution < 1.29 is 14.3 Å². The van der Waals surface area contributed by atoms with Crippen LogP contribution in [0.3, 0.4) is 0 Å². The number of aromatic nitrogens is 3. The fraction of sp³-hybridized carbons (Fsp3) is 0.263. The van der Waals surface area contributed by atoms with Crippen molar-refractivity contribution in [1.82, 2.24) is 14.3 Å². The Morgan fingerprint density at radius 1 is 1.06 bits per heavy atom. The lowest BCUT2D eigenvalue weighted by Gasteiger charge is -2.25. The Morgan fingerprint density at radius 2 is 1.81 bits per heavy atom. The Morgan fingerprint density at radius 3 is 2.48 bits per heavy atom. The monoisotopic (exact) mass is 678 g/mol. The number of thioether (sulfide) groups is 1. The summed E-state index contributed by atoms with van der Waals surface area (Å²) in [5.41, 5.74) is 5.79. The molecule has 2 aromatic heterocycles. The molecule has 6 rings (SSSR count). The molecule has 0 radical (unpaired) electrons. The number of benzene rings is 3. The van der Waals surface area contributed by atoms with Gasteiger partial charge in [0.05, 0.1) is 40.2 Å². The van der Waals surface area contributed by atoms with Gasteiger partial charge < -0.3 is 9.47 Å². The van der Waals surface area contributed by atoms with Crippen LogP contribution in [0.5, 0.6) is 5.75 Å². The lowest BCUT2D eigenvalue weighted by atomic mass is 9.96. The van der Waals surface area contributed by atoms with Crippen LogP contribution >= 0.6 is 23.1 Å². The van der Waals surface area contributed by atoms with Gasteiger partial charge in [0.1, 0.15) is 11.4 Å². The largest absolute Gasteiger partial charge is 0.493 e. The fourth-order valence-corrected chi connectivity index (χ4v) is 7.15. The summed E-state index contributed by atoms with van der Waals surface area (Å²) >= 11 is 2.93. The third kappa shape index (κ3) is 6.68. The van der Waals surface area contributed by atoms with Crippen molar-refractivity contribution in [3.63, 3.8) is 0 Å². The number of nitrogens with zero attached hydrogens (tertiary/aromatic N) is 4. The molecule has 0 spiro atoms. The third-order valence-electron chi connectivity index (χ3n) is 7.98. The summed E-state index contributed by atoms with van der Waals surface area (Å²) in [7, 11) is 0. The van der Waals surface area contributed by atoms with E-state index >= 15 is 0 Å². The number of para-hydroxylation sites is 1. The maximum Gasteiger partial charge on any atom is 0.338 e. The number of thiazole rings is 1. The van der Waals surface area contributed by atoms with E-state index in [1.54, 1.807) is 23.3 Å². The normalized spacial score (nSPS) is 14.6. The minimum absolute atomic E-state index is 0.238. The number of hydrogen-bond donors (Lipinski definition) is 0. The summed E-state index contributed by atoms with van der Waals surface area (Å²) in [6, 6.07) is 23.2. The van der Waals surface area contributed by atoms with Gasteiger partial charge in [-0.05, 0) is 100 Å². The van der Waals surface area contributed by atoms with Gasteiger partial charge in [-0.25, -0.2) is 14.5 Å². The molecule has 246 valence electrons. The van der Waals surface area contributed by atoms with Gasteiger partial charge in [-0.3, -0.25) is 9.36 Å². The van der Waals surface area contributed by atoms with E-state index in [-0.39, 0.29) is 11.7 Å². The number of hydrogen-bond acceptors (Lipinski definition) is 8. The van der Waals surface area contributed by atoms with Crippen LogP contribution in [-0.4, -0.2) is 39.3 Å². The van der Waals surface area contributed by atoms with Crippen molar-refractivity contribution in [3.8, 4) is 22.7 Å². The molecular formula is C38H38N4O4S2. The van der Waals surface area contributed by atoms with Crippen LogP contribution in [0.1, 0.15) is 56.8 Å². The highest BCUT2D eigenvalue weighted by molar-refractivity contribution is 7.98. The quantitative estimate of drug-likeness (QED) is 0.119. The van der Waals surface area contributed by atoms with Crippen LogP contribution in [0.15, 0.2) is 105 Å². The second kappa shape index (κ2) is 14.2. The zero-order valence-electron chi connectivity index (χ0n) is 27.9. The Bertz CT molecular complexity index is 2180. The number of carbonyl (C=O) groups is 1. The minimum atomic E-state index is -0.685. The first-order chi connectivity index (χ1) is 23.2. The highest BCUT2D eigenvalue weighted by Gasteiger charge is 2.34. The molecular weight excluding hydrogens is 641 g/mol. The zero-order chi connectivity index (χ0) is 33.9. The molecule has 0 fully saturated rings. The van der Waals surface area contributed by atoms with Gasteiger partial charge in [0.2, 0.25) is 0 Å². The van der Waals surface area contributed by atoms with Gasteiger partial charge >= 0.3 is 5.97 Å². The summed E-state index contributed by atoms with van der Waals surface area (Å²) in [6.07, 6.45) is 6.43. The smallest absolute Gasteiger partial charge is 0.338 e. The van der Waals surface area contributed by atoms with E-state index in [0.29, 0.717) is 27.2 Å². The maximum absolute atomic E-state index is 14.4. The van der Waals surface area contributed by atoms with E-state index in [9.17, 15) is 9.59 Å². The number of aryl methyl sites for hydroxylation is 1. The van der Waals surface area contributed by atoms with Gasteiger partial charge in [0.25, 0.3) is 5.56 Å². The van der Waals surface area contributed by atoms with E-state index in [4.69, 9.17) is 19.6 Å². The summed E-state index contributed by atoms with van der Waals surface area (Å²) in [5.74, 6) is 0.360. The minimum Gasteiger partial charge on any atom is -0.493 e. The number of fused-ring (bicyclic) bond motifs is 1. The molecule has 1 aliphatic rings. The van der Waals surface area contributed by atoms with Crippen molar-refractivity contribution in [2.24, 2.45) is 4.99 Å². The van der Waals surface area contributed by atoms with Crippen molar-refractivity contribution >= 4 is 35.1 Å². The molecule has 8 nitrogen and oxygen atoms in total. The molecule has 1 aliphatic heterocycles. The molecule has 0 amide bonds. The maximum atomic E-state index is 14.4. The van der Waals surface area contributed by atoms with Crippen LogP contribution in [0.25, 0.3) is 23.0 Å². The number of esters is 1. The summed E-state index contributed by atoms with van der Waals surface area (Å²) < 4.78 is 15.5. The Hall–Kier alpha value is -4.67. The van der Waals surface area contributed by atoms with Crippen LogP contribution in [0.2, 0.25) is 0 Å². The lowest BCUT2D eigenvalue weighted by Crippen LogP contribution is -2.40. The van der Waals surface area contributed by atoms with Crippen LogP contribution in [-0.2, 0) is 9.53 Å². The van der Waals surface area contributed by atoms with Crippen molar-refractivity contribution in [2.75, 3.05) is 12.9 Å². The van der Waals surface area contributed by atoms with Crippen LogP contribution in [0.4, 0.5) is 0 Å². The van der Waals surface area contributed by atoms with Crippen LogP contribution < -0.4 is 19.6 Å². The van der Waals surface area contributed by atoms with Crippen molar-refractivity contribution in [1.29, 1.82) is 0 Å². The van der Waals surface area contributed by atoms with E-state index in [2.05, 4.69) is 13.0 Å². The average Bonchev–Trinajstić information content (AvgIpc) is 3.64. The van der Waals surface area contributed by atoms with Gasteiger partial charge in [0.15, 0.2) is 4.80 Å². The molecule has 10 heteroatoms. The Balaban J connectivity index is 1.53. The summed E-state index contributed by atoms with van der Waals surface area (Å²) in [5, 5.41) is 4.99. The Kier molecular flexibility index (Phi) is 9.84. The molecule has 0 saturated carbocycles. The van der Waals surface area contributed by atoms with Crippen molar-refractivity contribution in [3.05, 3.63) is 127 Å². The SMILES string of the molecule is CCCOc1ccc(-c2nn(-c3ccccc3)cc2C=c2sc3n(c2=O)C(c2ccc(SC)cc2)C(C(=O)OC(C)C)=C(C)N=3)cc1C. The molecule has 0 bridgehead atoms. The fourth-order valence-electron chi connectivity index (χ4n) is 5.70. The predicted octanol–water partition coefficient (Wildman–Crippen LogP) is 6.86. The van der Waals surface area contributed by atoms with Gasteiger partial charge in [0, 0.05) is 22.2 Å². The highest BCUT2D eigenvalue weighted by atomic mass is 32.2. The molecule has 0 N–H and O–H groups in total. The van der Waals surface area contributed by atoms with Crippen LogP contribution in [0, 0.1) is 6.92 Å². The zero-order valence-corrected chi connectivity index (χ0v) is 29.5. The Labute approximate surface area is 288 Å². The molecule has 3 aromatic carbocycles. The predicted molar refractivity (Wildman–Crippen MR) is 193 cm³/mol. The first-order valence-corrected chi connectivity index (χ1v) is 18.0. The topological polar surface area (TPSA) is 87.7 Å². The van der Waals surface area contributed by atoms with Gasteiger partial charge in [-0.2, -0.15) is 5.10 Å². The first-order valence-electron chi connectivity index (χ1n) is 15.9. The molecule has 1 unspecified atom stereocenters. The molecule has 3 heterocycles. The molecule has 0 saturated heterocycles. The summed E-state index contributed by atoms with van der Waals surface area (Å²) in [6.45, 7) is 10.2. The van der Waals surface area contributed by atoms with Crippen molar-refractivity contribution in [2.45, 2.75) is 58.1 Å². The average molecular weight is 679 g/mol. The number of ether oxygens (including phenoxy) is 2. The number of allylic oxidation sites excluding steroid dienone is 1. The second-order valence-electron chi connectivity index (χ2n) is 11.9. The number of carbonyl (C=O) groups excluding carboxylic acids is 1. The van der Waals surface area contributed by atoms with E-state index in [0.717, 1.165) is 50.7 Å².